The van der Waals surface area contributed by atoms with Crippen LogP contribution in [0.15, 0.2) is 78.0 Å². The maximum absolute atomic E-state index is 14.1. The minimum Gasteiger partial charge on any atom is -0.368 e. The Kier molecular flexibility index (Phi) is 5.81. The lowest BCUT2D eigenvalue weighted by Crippen LogP contribution is -2.26. The smallest absolute Gasteiger partial charge is 0.263 e. The average molecular weight is 480 g/mol. The number of carbonyl (C=O) groups is 1. The number of nitrogens with zero attached hydrogens (tertiary/aromatic N) is 5. The Bertz CT molecular complexity index is 1650. The van der Waals surface area contributed by atoms with Gasteiger partial charge in [0, 0.05) is 36.4 Å². The second-order valence-corrected chi connectivity index (χ2v) is 8.63. The van der Waals surface area contributed by atoms with Crippen molar-refractivity contribution in [2.45, 2.75) is 19.9 Å². The zero-order valence-electron chi connectivity index (χ0n) is 20.1. The first kappa shape index (κ1) is 23.0. The number of hydrogen-bond donors (Lipinski definition) is 2. The van der Waals surface area contributed by atoms with Crippen molar-refractivity contribution >= 4 is 28.3 Å². The SMILES string of the molecule is CC(=O)c1cnc(N)nc1N[C@@H](C)c1cc2cccc(-c3cnn(C)c3)c2c(=O)n1-c1ccccc1. The van der Waals surface area contributed by atoms with Crippen LogP contribution in [0.3, 0.4) is 0 Å². The van der Waals surface area contributed by atoms with E-state index in [4.69, 9.17) is 5.73 Å². The largest absolute Gasteiger partial charge is 0.368 e. The topological polar surface area (TPSA) is 121 Å². The van der Waals surface area contributed by atoms with Gasteiger partial charge < -0.3 is 11.1 Å². The van der Waals surface area contributed by atoms with Crippen LogP contribution < -0.4 is 16.6 Å². The van der Waals surface area contributed by atoms with Crippen LogP contribution in [-0.4, -0.2) is 30.1 Å². The van der Waals surface area contributed by atoms with Crippen molar-refractivity contribution in [1.29, 1.82) is 0 Å². The number of fused-ring (bicyclic) bond motifs is 1. The lowest BCUT2D eigenvalue weighted by atomic mass is 9.99. The molecule has 1 atom stereocenters. The third-order valence-electron chi connectivity index (χ3n) is 6.09. The number of nitrogens with two attached hydrogens (primary N) is 1. The van der Waals surface area contributed by atoms with E-state index in [0.717, 1.165) is 22.2 Å². The quantitative estimate of drug-likeness (QED) is 0.351. The first-order valence-electron chi connectivity index (χ1n) is 11.5. The van der Waals surface area contributed by atoms with Gasteiger partial charge in [-0.05, 0) is 43.0 Å². The number of benzene rings is 2. The van der Waals surface area contributed by atoms with Crippen molar-refractivity contribution in [3.8, 4) is 16.8 Å². The molecule has 3 heterocycles. The second-order valence-electron chi connectivity index (χ2n) is 8.63. The molecule has 0 saturated heterocycles. The molecule has 2 aromatic carbocycles. The van der Waals surface area contributed by atoms with Crippen molar-refractivity contribution in [2.24, 2.45) is 7.05 Å². The normalized spacial score (nSPS) is 12.0. The summed E-state index contributed by atoms with van der Waals surface area (Å²) in [5.41, 5.74) is 9.07. The number of hydrogen-bond acceptors (Lipinski definition) is 7. The predicted molar refractivity (Wildman–Crippen MR) is 140 cm³/mol. The molecule has 3 aromatic heterocycles. The van der Waals surface area contributed by atoms with E-state index in [1.54, 1.807) is 15.4 Å². The fraction of sp³-hybridized carbons (Fsp3) is 0.148. The molecule has 36 heavy (non-hydrogen) atoms. The molecule has 9 heteroatoms. The number of rotatable bonds is 6. The molecule has 0 aliphatic rings. The molecule has 0 aliphatic heterocycles. The highest BCUT2D eigenvalue weighted by Crippen LogP contribution is 2.30. The molecule has 0 unspecified atom stereocenters. The first-order valence-corrected chi connectivity index (χ1v) is 11.5. The van der Waals surface area contributed by atoms with Crippen LogP contribution in [0.5, 0.6) is 0 Å². The number of anilines is 2. The molecule has 5 aromatic rings. The summed E-state index contributed by atoms with van der Waals surface area (Å²) in [6, 6.07) is 16.8. The van der Waals surface area contributed by atoms with Gasteiger partial charge in [0.2, 0.25) is 5.95 Å². The van der Waals surface area contributed by atoms with E-state index in [1.807, 2.05) is 74.8 Å². The summed E-state index contributed by atoms with van der Waals surface area (Å²) in [5.74, 6) is 0.179. The number of nitrogen functional groups attached to an aromatic ring is 1. The highest BCUT2D eigenvalue weighted by atomic mass is 16.1. The van der Waals surface area contributed by atoms with Crippen molar-refractivity contribution in [3.05, 3.63) is 94.8 Å². The van der Waals surface area contributed by atoms with Crippen LogP contribution in [0.25, 0.3) is 27.6 Å². The second kappa shape index (κ2) is 9.10. The van der Waals surface area contributed by atoms with E-state index in [2.05, 4.69) is 20.4 Å². The van der Waals surface area contributed by atoms with Gasteiger partial charge in [-0.1, -0.05) is 36.4 Å². The van der Waals surface area contributed by atoms with Crippen molar-refractivity contribution in [3.63, 3.8) is 0 Å². The summed E-state index contributed by atoms with van der Waals surface area (Å²) >= 11 is 0. The Labute approximate surface area is 207 Å². The molecule has 0 bridgehead atoms. The van der Waals surface area contributed by atoms with E-state index in [1.165, 1.54) is 13.1 Å². The molecule has 3 N–H and O–H groups in total. The van der Waals surface area contributed by atoms with Crippen LogP contribution in [0.1, 0.15) is 35.9 Å². The van der Waals surface area contributed by atoms with Gasteiger partial charge in [0.1, 0.15) is 5.82 Å². The maximum atomic E-state index is 14.1. The zero-order chi connectivity index (χ0) is 25.4. The molecule has 0 radical (unpaired) electrons. The molecular weight excluding hydrogens is 454 g/mol. The first-order chi connectivity index (χ1) is 17.3. The van der Waals surface area contributed by atoms with Crippen LogP contribution >= 0.6 is 0 Å². The Balaban J connectivity index is 1.74. The lowest BCUT2D eigenvalue weighted by Gasteiger charge is -2.22. The molecule has 9 nitrogen and oxygen atoms in total. The van der Waals surface area contributed by atoms with Gasteiger partial charge in [0.15, 0.2) is 5.78 Å². The standard InChI is InChI=1S/C27H25N7O2/c1-16(31-25-22(17(2)35)14-29-27(28)32-25)23-12-18-8-7-11-21(19-13-30-33(3)15-19)24(18)26(36)34(23)20-9-5-4-6-10-20/h4-16H,1-3H3,(H3,28,29,31,32)/t16-/m0/s1. The van der Waals surface area contributed by atoms with Gasteiger partial charge in [-0.3, -0.25) is 18.8 Å². The predicted octanol–water partition coefficient (Wildman–Crippen LogP) is 4.14. The molecule has 0 spiro atoms. The molecule has 0 fully saturated rings. The Hall–Kier alpha value is -4.79. The minimum atomic E-state index is -0.406. The molecule has 0 aliphatic carbocycles. The third kappa shape index (κ3) is 4.11. The number of Topliss-reactive ketones (excluding diaryl/α,β-unsaturated/α-hetero) is 1. The fourth-order valence-electron chi connectivity index (χ4n) is 4.39. The summed E-state index contributed by atoms with van der Waals surface area (Å²) in [6.07, 6.45) is 5.05. The number of para-hydroxylation sites is 1. The fourth-order valence-corrected chi connectivity index (χ4v) is 4.39. The molecular formula is C27H25N7O2. The number of aryl methyl sites for hydroxylation is 1. The molecule has 0 amide bonds. The van der Waals surface area contributed by atoms with E-state index in [0.29, 0.717) is 22.5 Å². The van der Waals surface area contributed by atoms with Gasteiger partial charge in [0.25, 0.3) is 5.56 Å². The average Bonchev–Trinajstić information content (AvgIpc) is 3.30. The highest BCUT2D eigenvalue weighted by Gasteiger charge is 2.21. The minimum absolute atomic E-state index is 0.0507. The van der Waals surface area contributed by atoms with Crippen LogP contribution in [-0.2, 0) is 7.05 Å². The number of carbonyl (C=O) groups excluding carboxylic acids is 1. The Morgan fingerprint density at radius 1 is 1.08 bits per heavy atom. The summed E-state index contributed by atoms with van der Waals surface area (Å²) in [4.78, 5) is 34.5. The summed E-state index contributed by atoms with van der Waals surface area (Å²) in [7, 11) is 1.84. The molecule has 5 rings (SSSR count). The Morgan fingerprint density at radius 2 is 1.86 bits per heavy atom. The highest BCUT2D eigenvalue weighted by molar-refractivity contribution is 5.99. The third-order valence-corrected chi connectivity index (χ3v) is 6.09. The van der Waals surface area contributed by atoms with Crippen LogP contribution in [0.2, 0.25) is 0 Å². The number of pyridine rings is 1. The van der Waals surface area contributed by atoms with Gasteiger partial charge in [-0.25, -0.2) is 4.98 Å². The number of ketones is 1. The van der Waals surface area contributed by atoms with Gasteiger partial charge >= 0.3 is 0 Å². The van der Waals surface area contributed by atoms with Crippen molar-refractivity contribution in [1.82, 2.24) is 24.3 Å². The molecule has 180 valence electrons. The van der Waals surface area contributed by atoms with E-state index in [9.17, 15) is 9.59 Å². The van der Waals surface area contributed by atoms with Gasteiger partial charge in [-0.15, -0.1) is 0 Å². The monoisotopic (exact) mass is 479 g/mol. The van der Waals surface area contributed by atoms with E-state index < -0.39 is 6.04 Å². The summed E-state index contributed by atoms with van der Waals surface area (Å²) < 4.78 is 3.40. The summed E-state index contributed by atoms with van der Waals surface area (Å²) in [6.45, 7) is 3.36. The zero-order valence-corrected chi connectivity index (χ0v) is 20.1. The summed E-state index contributed by atoms with van der Waals surface area (Å²) in [5, 5.41) is 8.95. The Morgan fingerprint density at radius 3 is 2.56 bits per heavy atom. The van der Waals surface area contributed by atoms with Crippen LogP contribution in [0.4, 0.5) is 11.8 Å². The van der Waals surface area contributed by atoms with Crippen molar-refractivity contribution < 1.29 is 4.79 Å². The number of aromatic nitrogens is 5. The number of nitrogens with one attached hydrogen (secondary N) is 1. The van der Waals surface area contributed by atoms with Crippen LogP contribution in [0, 0.1) is 0 Å². The van der Waals surface area contributed by atoms with Gasteiger partial charge in [0.05, 0.1) is 23.2 Å². The maximum Gasteiger partial charge on any atom is 0.263 e. The lowest BCUT2D eigenvalue weighted by molar-refractivity contribution is 0.101. The van der Waals surface area contributed by atoms with Gasteiger partial charge in [-0.2, -0.15) is 10.1 Å². The van der Waals surface area contributed by atoms with E-state index >= 15 is 0 Å². The van der Waals surface area contributed by atoms with E-state index in [-0.39, 0.29) is 17.3 Å². The molecule has 0 saturated carbocycles. The van der Waals surface area contributed by atoms with Crippen molar-refractivity contribution in [2.75, 3.05) is 11.1 Å².